The molecule has 1 fully saturated rings. The van der Waals surface area contributed by atoms with Crippen molar-refractivity contribution in [1.29, 1.82) is 0 Å². The zero-order valence-corrected chi connectivity index (χ0v) is 13.3. The summed E-state index contributed by atoms with van der Waals surface area (Å²) in [5.41, 5.74) is 6.51. The second-order valence-electron chi connectivity index (χ2n) is 5.86. The summed E-state index contributed by atoms with van der Waals surface area (Å²) in [4.78, 5) is 4.45. The average Bonchev–Trinajstić information content (AvgIpc) is 2.92. The van der Waals surface area contributed by atoms with E-state index < -0.39 is 5.54 Å². The molecule has 1 aliphatic carbocycles. The van der Waals surface area contributed by atoms with Crippen LogP contribution in [0, 0.1) is 5.92 Å². The molecule has 0 amide bonds. The Labute approximate surface area is 133 Å². The van der Waals surface area contributed by atoms with Gasteiger partial charge < -0.3 is 10.3 Å². The van der Waals surface area contributed by atoms with E-state index >= 15 is 0 Å². The Hall–Kier alpha value is -1.10. The van der Waals surface area contributed by atoms with Crippen LogP contribution in [0.25, 0.3) is 11.5 Å². The van der Waals surface area contributed by atoms with Gasteiger partial charge in [0.25, 0.3) is 5.89 Å². The largest absolute Gasteiger partial charge is 0.334 e. The van der Waals surface area contributed by atoms with Crippen LogP contribution in [0.4, 0.5) is 0 Å². The van der Waals surface area contributed by atoms with E-state index in [1.165, 1.54) is 0 Å². The number of nitrogens with two attached hydrogens (primary N) is 1. The highest BCUT2D eigenvalue weighted by Gasteiger charge is 2.36. The lowest BCUT2D eigenvalue weighted by molar-refractivity contribution is 0.230. The monoisotopic (exact) mass is 325 g/mol. The predicted molar refractivity (Wildman–Crippen MR) is 83.3 cm³/mol. The molecule has 1 aliphatic rings. The normalized spacial score (nSPS) is 26.0. The molecule has 4 nitrogen and oxygen atoms in total. The summed E-state index contributed by atoms with van der Waals surface area (Å²) in [6.07, 6.45) is 3.88. The van der Waals surface area contributed by atoms with Gasteiger partial charge in [0.1, 0.15) is 0 Å². The maximum absolute atomic E-state index is 6.46. The Kier molecular flexibility index (Phi) is 3.95. The highest BCUT2D eigenvalue weighted by Crippen LogP contribution is 2.38. The van der Waals surface area contributed by atoms with Gasteiger partial charge in [-0.05, 0) is 43.7 Å². The van der Waals surface area contributed by atoms with Crippen molar-refractivity contribution in [2.24, 2.45) is 11.7 Å². The summed E-state index contributed by atoms with van der Waals surface area (Å²) in [5.74, 6) is 1.57. The van der Waals surface area contributed by atoms with Crippen molar-refractivity contribution in [3.05, 3.63) is 34.1 Å². The summed E-state index contributed by atoms with van der Waals surface area (Å²) in [7, 11) is 0. The Morgan fingerprint density at radius 2 is 1.86 bits per heavy atom. The van der Waals surface area contributed by atoms with Gasteiger partial charge >= 0.3 is 0 Å². The molecule has 3 rings (SSSR count). The summed E-state index contributed by atoms with van der Waals surface area (Å²) in [6.45, 7) is 2.24. The summed E-state index contributed by atoms with van der Waals surface area (Å²) < 4.78 is 5.35. The molecule has 6 heteroatoms. The van der Waals surface area contributed by atoms with Gasteiger partial charge in [-0.2, -0.15) is 4.98 Å². The first-order chi connectivity index (χ1) is 9.99. The van der Waals surface area contributed by atoms with Crippen LogP contribution in [-0.4, -0.2) is 10.1 Å². The number of rotatable bonds is 2. The Bertz CT molecular complexity index is 628. The zero-order valence-electron chi connectivity index (χ0n) is 11.8. The lowest BCUT2D eigenvalue weighted by Crippen LogP contribution is -2.41. The van der Waals surface area contributed by atoms with Gasteiger partial charge in [0.2, 0.25) is 0 Å². The number of halogens is 2. The molecule has 0 bridgehead atoms. The number of nitrogens with zero attached hydrogens (tertiary/aromatic N) is 2. The zero-order chi connectivity index (χ0) is 15.0. The molecule has 0 unspecified atom stereocenters. The van der Waals surface area contributed by atoms with Gasteiger partial charge in [0.15, 0.2) is 5.82 Å². The van der Waals surface area contributed by atoms with Gasteiger partial charge in [0, 0.05) is 0 Å². The molecule has 0 saturated heterocycles. The Morgan fingerprint density at radius 3 is 2.48 bits per heavy atom. The van der Waals surface area contributed by atoms with Crippen LogP contribution in [0.3, 0.4) is 0 Å². The topological polar surface area (TPSA) is 64.9 Å². The number of hydrogen-bond donors (Lipinski definition) is 1. The molecule has 0 radical (unpaired) electrons. The fourth-order valence-corrected chi connectivity index (χ4v) is 3.29. The van der Waals surface area contributed by atoms with Crippen molar-refractivity contribution >= 4 is 23.2 Å². The number of hydrogen-bond acceptors (Lipinski definition) is 4. The van der Waals surface area contributed by atoms with Crippen LogP contribution in [-0.2, 0) is 5.54 Å². The molecule has 0 atom stereocenters. The molecule has 112 valence electrons. The van der Waals surface area contributed by atoms with Crippen LogP contribution in [0.5, 0.6) is 0 Å². The molecule has 2 N–H and O–H groups in total. The van der Waals surface area contributed by atoms with E-state index in [0.29, 0.717) is 33.2 Å². The van der Waals surface area contributed by atoms with E-state index in [0.717, 1.165) is 25.7 Å². The SMILES string of the molecule is CC1CCC(N)(c2noc(-c3c(Cl)cccc3Cl)n2)CC1. The first-order valence-electron chi connectivity index (χ1n) is 7.07. The van der Waals surface area contributed by atoms with E-state index in [1.807, 2.05) is 0 Å². The quantitative estimate of drug-likeness (QED) is 0.888. The first-order valence-corrected chi connectivity index (χ1v) is 7.83. The highest BCUT2D eigenvalue weighted by atomic mass is 35.5. The third kappa shape index (κ3) is 2.80. The Balaban J connectivity index is 1.94. The minimum atomic E-state index is -0.512. The van der Waals surface area contributed by atoms with Crippen LogP contribution >= 0.6 is 23.2 Å². The van der Waals surface area contributed by atoms with Crippen LogP contribution in [0.15, 0.2) is 22.7 Å². The van der Waals surface area contributed by atoms with E-state index in [2.05, 4.69) is 17.1 Å². The molecule has 0 aliphatic heterocycles. The maximum atomic E-state index is 6.46. The fraction of sp³-hybridized carbons (Fsp3) is 0.467. The van der Waals surface area contributed by atoms with Crippen molar-refractivity contribution in [2.75, 3.05) is 0 Å². The molecule has 1 saturated carbocycles. The summed E-state index contributed by atoms with van der Waals surface area (Å²) in [5, 5.41) is 5.04. The smallest absolute Gasteiger partial charge is 0.261 e. The maximum Gasteiger partial charge on any atom is 0.261 e. The predicted octanol–water partition coefficient (Wildman–Crippen LogP) is 4.41. The fourth-order valence-electron chi connectivity index (χ4n) is 2.73. The van der Waals surface area contributed by atoms with E-state index in [4.69, 9.17) is 33.5 Å². The minimum absolute atomic E-state index is 0.323. The van der Waals surface area contributed by atoms with Crippen LogP contribution in [0.2, 0.25) is 10.0 Å². The second-order valence-corrected chi connectivity index (χ2v) is 6.67. The highest BCUT2D eigenvalue weighted by molar-refractivity contribution is 6.38. The number of aromatic nitrogens is 2. The molecular formula is C15H17Cl2N3O. The molecular weight excluding hydrogens is 309 g/mol. The Morgan fingerprint density at radius 1 is 1.24 bits per heavy atom. The van der Waals surface area contributed by atoms with Crippen LogP contribution < -0.4 is 5.73 Å². The van der Waals surface area contributed by atoms with Gasteiger partial charge in [-0.1, -0.05) is 41.3 Å². The third-order valence-corrected chi connectivity index (χ3v) is 4.84. The second kappa shape index (κ2) is 5.59. The van der Waals surface area contributed by atoms with Gasteiger partial charge in [-0.25, -0.2) is 0 Å². The summed E-state index contributed by atoms with van der Waals surface area (Å²) in [6, 6.07) is 5.26. The lowest BCUT2D eigenvalue weighted by atomic mass is 9.77. The third-order valence-electron chi connectivity index (χ3n) is 4.21. The number of benzene rings is 1. The van der Waals surface area contributed by atoms with Gasteiger partial charge in [-0.15, -0.1) is 0 Å². The average molecular weight is 326 g/mol. The molecule has 1 aromatic heterocycles. The lowest BCUT2D eigenvalue weighted by Gasteiger charge is -2.33. The van der Waals surface area contributed by atoms with E-state index in [9.17, 15) is 0 Å². The molecule has 1 heterocycles. The van der Waals surface area contributed by atoms with Crippen molar-refractivity contribution in [3.63, 3.8) is 0 Å². The first kappa shape index (κ1) is 14.8. The van der Waals surface area contributed by atoms with Crippen molar-refractivity contribution in [1.82, 2.24) is 10.1 Å². The summed E-state index contributed by atoms with van der Waals surface area (Å²) >= 11 is 12.3. The van der Waals surface area contributed by atoms with Crippen molar-refractivity contribution < 1.29 is 4.52 Å². The molecule has 21 heavy (non-hydrogen) atoms. The van der Waals surface area contributed by atoms with Crippen LogP contribution in [0.1, 0.15) is 38.4 Å². The molecule has 2 aromatic rings. The van der Waals surface area contributed by atoms with E-state index in [1.54, 1.807) is 18.2 Å². The molecule has 0 spiro atoms. The van der Waals surface area contributed by atoms with Gasteiger partial charge in [0.05, 0.1) is 21.1 Å². The molecule has 1 aromatic carbocycles. The standard InChI is InChI=1S/C15H17Cl2N3O/c1-9-5-7-15(18,8-6-9)14-19-13(21-20-14)12-10(16)3-2-4-11(12)17/h2-4,9H,5-8,18H2,1H3. The van der Waals surface area contributed by atoms with E-state index in [-0.39, 0.29) is 0 Å². The van der Waals surface area contributed by atoms with Crippen molar-refractivity contribution in [2.45, 2.75) is 38.1 Å². The van der Waals surface area contributed by atoms with Gasteiger partial charge in [-0.3, -0.25) is 0 Å². The minimum Gasteiger partial charge on any atom is -0.334 e. The van der Waals surface area contributed by atoms with Crippen molar-refractivity contribution in [3.8, 4) is 11.5 Å².